The van der Waals surface area contributed by atoms with E-state index in [4.69, 9.17) is 5.73 Å². The normalized spacial score (nSPS) is 13.1. The molecule has 0 radical (unpaired) electrons. The molecular weight excluding hydrogens is 170 g/mol. The molecule has 0 aromatic rings. The predicted octanol–water partition coefficient (Wildman–Crippen LogP) is 4.25. The van der Waals surface area contributed by atoms with Gasteiger partial charge in [0.15, 0.2) is 0 Å². The molecule has 0 fully saturated rings. The lowest BCUT2D eigenvalue weighted by Crippen LogP contribution is -2.17. The van der Waals surface area contributed by atoms with Crippen molar-refractivity contribution in [1.82, 2.24) is 0 Å². The fourth-order valence-electron chi connectivity index (χ4n) is 1.74. The van der Waals surface area contributed by atoms with Crippen LogP contribution in [0.1, 0.15) is 78.1 Å². The van der Waals surface area contributed by atoms with E-state index in [-0.39, 0.29) is 0 Å². The second-order valence-electron chi connectivity index (χ2n) is 4.43. The van der Waals surface area contributed by atoms with E-state index in [0.717, 1.165) is 6.42 Å². The highest BCUT2D eigenvalue weighted by Gasteiger charge is 1.97. The van der Waals surface area contributed by atoms with Crippen LogP contribution in [0.4, 0.5) is 0 Å². The van der Waals surface area contributed by atoms with Gasteiger partial charge < -0.3 is 5.73 Å². The first kappa shape index (κ1) is 14.0. The number of hydrogen-bond acceptors (Lipinski definition) is 1. The van der Waals surface area contributed by atoms with E-state index in [1.165, 1.54) is 57.8 Å². The van der Waals surface area contributed by atoms with Gasteiger partial charge in [-0.3, -0.25) is 0 Å². The summed E-state index contributed by atoms with van der Waals surface area (Å²) in [7, 11) is 0. The van der Waals surface area contributed by atoms with E-state index in [9.17, 15) is 0 Å². The molecule has 0 bridgehead atoms. The van der Waals surface area contributed by atoms with Crippen molar-refractivity contribution in [2.45, 2.75) is 84.1 Å². The van der Waals surface area contributed by atoms with Gasteiger partial charge in [-0.1, -0.05) is 65.2 Å². The molecule has 0 rings (SSSR count). The van der Waals surface area contributed by atoms with E-state index in [1.54, 1.807) is 0 Å². The molecule has 0 amide bonds. The van der Waals surface area contributed by atoms with Crippen molar-refractivity contribution in [2.24, 2.45) is 5.73 Å². The van der Waals surface area contributed by atoms with Gasteiger partial charge in [-0.25, -0.2) is 0 Å². The molecule has 0 spiro atoms. The zero-order chi connectivity index (χ0) is 10.6. The molecule has 0 saturated heterocycles. The number of nitrogens with two attached hydrogens (primary N) is 1. The van der Waals surface area contributed by atoms with Crippen molar-refractivity contribution in [3.8, 4) is 0 Å². The zero-order valence-corrected chi connectivity index (χ0v) is 10.2. The molecule has 14 heavy (non-hydrogen) atoms. The highest BCUT2D eigenvalue weighted by atomic mass is 14.6. The van der Waals surface area contributed by atoms with Crippen molar-refractivity contribution < 1.29 is 0 Å². The van der Waals surface area contributed by atoms with Crippen molar-refractivity contribution >= 4 is 0 Å². The first-order chi connectivity index (χ1) is 6.81. The number of unbranched alkanes of at least 4 members (excludes halogenated alkanes) is 7. The van der Waals surface area contributed by atoms with E-state index in [0.29, 0.717) is 6.04 Å². The standard InChI is InChI=1S/C13H29N/c1-3-5-6-7-8-9-10-11-12-13(14)4-2/h13H,3-12,14H2,1-2H3. The summed E-state index contributed by atoms with van der Waals surface area (Å²) in [6.45, 7) is 4.45. The highest BCUT2D eigenvalue weighted by molar-refractivity contribution is 4.58. The Hall–Kier alpha value is -0.0400. The third-order valence-electron chi connectivity index (χ3n) is 2.95. The molecule has 1 heteroatoms. The summed E-state index contributed by atoms with van der Waals surface area (Å²) in [5.74, 6) is 0. The second-order valence-corrected chi connectivity index (χ2v) is 4.43. The minimum Gasteiger partial charge on any atom is -0.328 e. The first-order valence-electron chi connectivity index (χ1n) is 6.56. The van der Waals surface area contributed by atoms with E-state index < -0.39 is 0 Å². The molecule has 1 nitrogen and oxygen atoms in total. The van der Waals surface area contributed by atoms with Gasteiger partial charge in [0, 0.05) is 6.04 Å². The highest BCUT2D eigenvalue weighted by Crippen LogP contribution is 2.10. The lowest BCUT2D eigenvalue weighted by Gasteiger charge is -2.07. The summed E-state index contributed by atoms with van der Waals surface area (Å²) in [5.41, 5.74) is 5.85. The predicted molar refractivity (Wildman–Crippen MR) is 65.5 cm³/mol. The van der Waals surface area contributed by atoms with Crippen LogP contribution in [0.25, 0.3) is 0 Å². The van der Waals surface area contributed by atoms with Crippen LogP contribution in [0.5, 0.6) is 0 Å². The first-order valence-corrected chi connectivity index (χ1v) is 6.56. The fraction of sp³-hybridized carbons (Fsp3) is 1.00. The molecule has 0 aliphatic rings. The van der Waals surface area contributed by atoms with Gasteiger partial charge in [-0.05, 0) is 12.8 Å². The third kappa shape index (κ3) is 10.0. The Kier molecular flexibility index (Phi) is 11.0. The quantitative estimate of drug-likeness (QED) is 0.523. The summed E-state index contributed by atoms with van der Waals surface area (Å²) < 4.78 is 0. The molecule has 1 unspecified atom stereocenters. The van der Waals surface area contributed by atoms with Gasteiger partial charge in [0.25, 0.3) is 0 Å². The van der Waals surface area contributed by atoms with Crippen LogP contribution in [0.3, 0.4) is 0 Å². The van der Waals surface area contributed by atoms with Crippen LogP contribution >= 0.6 is 0 Å². The Bertz CT molecular complexity index is 101. The monoisotopic (exact) mass is 199 g/mol. The summed E-state index contributed by atoms with van der Waals surface area (Å²) in [5, 5.41) is 0. The Morgan fingerprint density at radius 2 is 1.29 bits per heavy atom. The van der Waals surface area contributed by atoms with Crippen molar-refractivity contribution in [3.05, 3.63) is 0 Å². The Morgan fingerprint density at radius 1 is 0.786 bits per heavy atom. The van der Waals surface area contributed by atoms with Gasteiger partial charge in [0.2, 0.25) is 0 Å². The van der Waals surface area contributed by atoms with Crippen molar-refractivity contribution in [1.29, 1.82) is 0 Å². The number of rotatable bonds is 10. The van der Waals surface area contributed by atoms with Crippen LogP contribution in [-0.2, 0) is 0 Å². The van der Waals surface area contributed by atoms with Gasteiger partial charge in [0.05, 0.1) is 0 Å². The maximum absolute atomic E-state index is 5.85. The summed E-state index contributed by atoms with van der Waals surface area (Å²) >= 11 is 0. The molecule has 0 aromatic heterocycles. The topological polar surface area (TPSA) is 26.0 Å². The van der Waals surface area contributed by atoms with E-state index in [1.807, 2.05) is 0 Å². The average Bonchev–Trinajstić information content (AvgIpc) is 2.21. The van der Waals surface area contributed by atoms with Crippen LogP contribution in [-0.4, -0.2) is 6.04 Å². The lowest BCUT2D eigenvalue weighted by atomic mass is 10.0. The maximum Gasteiger partial charge on any atom is 0.00362 e. The van der Waals surface area contributed by atoms with Crippen molar-refractivity contribution in [3.63, 3.8) is 0 Å². The molecule has 0 aliphatic carbocycles. The Labute approximate surface area is 90.5 Å². The summed E-state index contributed by atoms with van der Waals surface area (Å²) in [6.07, 6.45) is 13.6. The van der Waals surface area contributed by atoms with E-state index >= 15 is 0 Å². The van der Waals surface area contributed by atoms with Crippen LogP contribution in [0.2, 0.25) is 0 Å². The lowest BCUT2D eigenvalue weighted by molar-refractivity contribution is 0.519. The van der Waals surface area contributed by atoms with Gasteiger partial charge in [-0.15, -0.1) is 0 Å². The molecule has 0 aliphatic heterocycles. The Morgan fingerprint density at radius 3 is 1.79 bits per heavy atom. The fourth-order valence-corrected chi connectivity index (χ4v) is 1.74. The molecular formula is C13H29N. The van der Waals surface area contributed by atoms with Crippen LogP contribution in [0, 0.1) is 0 Å². The average molecular weight is 199 g/mol. The van der Waals surface area contributed by atoms with Crippen LogP contribution in [0.15, 0.2) is 0 Å². The molecule has 0 saturated carbocycles. The van der Waals surface area contributed by atoms with Crippen LogP contribution < -0.4 is 5.73 Å². The third-order valence-corrected chi connectivity index (χ3v) is 2.95. The molecule has 1 atom stereocenters. The van der Waals surface area contributed by atoms with Gasteiger partial charge in [-0.2, -0.15) is 0 Å². The van der Waals surface area contributed by atoms with E-state index in [2.05, 4.69) is 13.8 Å². The van der Waals surface area contributed by atoms with Gasteiger partial charge in [0.1, 0.15) is 0 Å². The minimum absolute atomic E-state index is 0.454. The second kappa shape index (κ2) is 11.0. The van der Waals surface area contributed by atoms with Gasteiger partial charge >= 0.3 is 0 Å². The minimum atomic E-state index is 0.454. The molecule has 86 valence electrons. The Balaban J connectivity index is 2.92. The molecule has 0 heterocycles. The number of hydrogen-bond donors (Lipinski definition) is 1. The molecule has 2 N–H and O–H groups in total. The smallest absolute Gasteiger partial charge is 0.00362 e. The zero-order valence-electron chi connectivity index (χ0n) is 10.2. The molecule has 0 aromatic carbocycles. The SMILES string of the molecule is CCCCCCCCCCC(N)CC. The maximum atomic E-state index is 5.85. The van der Waals surface area contributed by atoms with Crippen molar-refractivity contribution in [2.75, 3.05) is 0 Å². The summed E-state index contributed by atoms with van der Waals surface area (Å²) in [6, 6.07) is 0.454. The largest absolute Gasteiger partial charge is 0.328 e. The summed E-state index contributed by atoms with van der Waals surface area (Å²) in [4.78, 5) is 0.